The number of nitrogens with zero attached hydrogens (tertiary/aromatic N) is 2. The third kappa shape index (κ3) is 3.31. The summed E-state index contributed by atoms with van der Waals surface area (Å²) in [6, 6.07) is 7.95. The molecule has 20 heavy (non-hydrogen) atoms. The highest BCUT2D eigenvalue weighted by molar-refractivity contribution is 5.94. The van der Waals surface area contributed by atoms with E-state index < -0.39 is 0 Å². The van der Waals surface area contributed by atoms with Gasteiger partial charge in [0, 0.05) is 37.8 Å². The highest BCUT2D eigenvalue weighted by Gasteiger charge is 2.23. The molecule has 2 rings (SSSR count). The molecule has 1 aliphatic heterocycles. The summed E-state index contributed by atoms with van der Waals surface area (Å²) in [4.78, 5) is 16.8. The van der Waals surface area contributed by atoms with Gasteiger partial charge in [-0.15, -0.1) is 0 Å². The zero-order chi connectivity index (χ0) is 14.5. The summed E-state index contributed by atoms with van der Waals surface area (Å²) in [6.45, 7) is 8.03. The molecule has 110 valence electrons. The van der Waals surface area contributed by atoms with Crippen molar-refractivity contribution in [3.8, 4) is 5.75 Å². The first-order valence-corrected chi connectivity index (χ1v) is 7.33. The van der Waals surface area contributed by atoms with E-state index in [1.807, 2.05) is 29.2 Å². The average molecular weight is 276 g/mol. The molecule has 0 spiro atoms. The van der Waals surface area contributed by atoms with Crippen molar-refractivity contribution in [2.24, 2.45) is 0 Å². The van der Waals surface area contributed by atoms with Crippen molar-refractivity contribution in [2.45, 2.75) is 26.3 Å². The zero-order valence-electron chi connectivity index (χ0n) is 12.6. The van der Waals surface area contributed by atoms with Gasteiger partial charge in [-0.25, -0.2) is 0 Å². The Labute approximate surface area is 121 Å². The molecule has 0 bridgehead atoms. The molecule has 4 nitrogen and oxygen atoms in total. The van der Waals surface area contributed by atoms with Crippen LogP contribution in [0.1, 0.15) is 30.6 Å². The lowest BCUT2D eigenvalue weighted by molar-refractivity contribution is 0.0579. The Hall–Kier alpha value is -1.55. The van der Waals surface area contributed by atoms with Crippen molar-refractivity contribution in [1.29, 1.82) is 0 Å². The number of rotatable bonds is 4. The molecule has 0 unspecified atom stereocenters. The SMILES string of the molecule is CC[C@H](C)N1CCN(C(=O)c2ccc(OC)cc2)CC1. The lowest BCUT2D eigenvalue weighted by atomic mass is 10.1. The maximum atomic E-state index is 12.4. The Balaban J connectivity index is 1.94. The Kier molecular flexibility index (Phi) is 5.01. The van der Waals surface area contributed by atoms with E-state index in [0.29, 0.717) is 6.04 Å². The van der Waals surface area contributed by atoms with Crippen LogP contribution in [0.2, 0.25) is 0 Å². The van der Waals surface area contributed by atoms with E-state index in [9.17, 15) is 4.79 Å². The topological polar surface area (TPSA) is 32.8 Å². The standard InChI is InChI=1S/C16H24N2O2/c1-4-13(2)17-9-11-18(12-10-17)16(19)14-5-7-15(20-3)8-6-14/h5-8,13H,4,9-12H2,1-3H3/t13-/m0/s1. The van der Waals surface area contributed by atoms with Gasteiger partial charge in [0.25, 0.3) is 5.91 Å². The van der Waals surface area contributed by atoms with Gasteiger partial charge in [0.15, 0.2) is 0 Å². The van der Waals surface area contributed by atoms with Gasteiger partial charge >= 0.3 is 0 Å². The molecule has 1 aromatic carbocycles. The Bertz CT molecular complexity index is 436. The van der Waals surface area contributed by atoms with E-state index in [1.54, 1.807) is 7.11 Å². The number of carbonyl (C=O) groups excluding carboxylic acids is 1. The van der Waals surface area contributed by atoms with Crippen LogP contribution < -0.4 is 4.74 Å². The number of carbonyl (C=O) groups is 1. The van der Waals surface area contributed by atoms with Crippen LogP contribution in [0.3, 0.4) is 0 Å². The maximum Gasteiger partial charge on any atom is 0.253 e. The highest BCUT2D eigenvalue weighted by Crippen LogP contribution is 2.15. The molecule has 0 N–H and O–H groups in total. The summed E-state index contributed by atoms with van der Waals surface area (Å²) in [5, 5.41) is 0. The van der Waals surface area contributed by atoms with Gasteiger partial charge in [-0.1, -0.05) is 6.92 Å². The molecule has 1 heterocycles. The van der Waals surface area contributed by atoms with Crippen LogP contribution in [0.5, 0.6) is 5.75 Å². The van der Waals surface area contributed by atoms with Crippen LogP contribution in [0, 0.1) is 0 Å². The summed E-state index contributed by atoms with van der Waals surface area (Å²) < 4.78 is 5.12. The minimum absolute atomic E-state index is 0.122. The summed E-state index contributed by atoms with van der Waals surface area (Å²) in [5.74, 6) is 0.902. The van der Waals surface area contributed by atoms with E-state index in [4.69, 9.17) is 4.74 Å². The van der Waals surface area contributed by atoms with Crippen molar-refractivity contribution >= 4 is 5.91 Å². The molecule has 1 fully saturated rings. The number of methoxy groups -OCH3 is 1. The molecule has 1 aromatic rings. The van der Waals surface area contributed by atoms with E-state index in [-0.39, 0.29) is 5.91 Å². The normalized spacial score (nSPS) is 17.9. The quantitative estimate of drug-likeness (QED) is 0.845. The molecule has 1 amide bonds. The summed E-state index contributed by atoms with van der Waals surface area (Å²) in [7, 11) is 1.63. The lowest BCUT2D eigenvalue weighted by Gasteiger charge is -2.37. The predicted molar refractivity (Wildman–Crippen MR) is 80.2 cm³/mol. The van der Waals surface area contributed by atoms with Crippen molar-refractivity contribution < 1.29 is 9.53 Å². The van der Waals surface area contributed by atoms with Crippen molar-refractivity contribution in [1.82, 2.24) is 9.80 Å². The van der Waals surface area contributed by atoms with Gasteiger partial charge in [0.2, 0.25) is 0 Å². The number of hydrogen-bond donors (Lipinski definition) is 0. The maximum absolute atomic E-state index is 12.4. The van der Waals surface area contributed by atoms with E-state index in [2.05, 4.69) is 18.7 Å². The fourth-order valence-corrected chi connectivity index (χ4v) is 2.54. The molecule has 0 saturated carbocycles. The van der Waals surface area contributed by atoms with Gasteiger partial charge < -0.3 is 9.64 Å². The van der Waals surface area contributed by atoms with Crippen LogP contribution in [-0.2, 0) is 0 Å². The first kappa shape index (κ1) is 14.9. The largest absolute Gasteiger partial charge is 0.497 e. The lowest BCUT2D eigenvalue weighted by Crippen LogP contribution is -2.51. The van der Waals surface area contributed by atoms with Gasteiger partial charge in [-0.3, -0.25) is 9.69 Å². The van der Waals surface area contributed by atoms with Crippen LogP contribution in [0.15, 0.2) is 24.3 Å². The monoisotopic (exact) mass is 276 g/mol. The number of ether oxygens (including phenoxy) is 1. The van der Waals surface area contributed by atoms with Crippen molar-refractivity contribution in [2.75, 3.05) is 33.3 Å². The van der Waals surface area contributed by atoms with Gasteiger partial charge in [-0.2, -0.15) is 0 Å². The van der Waals surface area contributed by atoms with Gasteiger partial charge in [0.1, 0.15) is 5.75 Å². The Morgan fingerprint density at radius 1 is 1.20 bits per heavy atom. The van der Waals surface area contributed by atoms with E-state index >= 15 is 0 Å². The fourth-order valence-electron chi connectivity index (χ4n) is 2.54. The van der Waals surface area contributed by atoms with Crippen LogP contribution in [-0.4, -0.2) is 55.0 Å². The minimum atomic E-state index is 0.122. The summed E-state index contributed by atoms with van der Waals surface area (Å²) >= 11 is 0. The molecule has 0 aromatic heterocycles. The Morgan fingerprint density at radius 3 is 2.30 bits per heavy atom. The molecular weight excluding hydrogens is 252 g/mol. The first-order chi connectivity index (χ1) is 9.65. The van der Waals surface area contributed by atoms with E-state index in [1.165, 1.54) is 0 Å². The third-order valence-electron chi connectivity index (χ3n) is 4.15. The second-order valence-electron chi connectivity index (χ2n) is 5.31. The fraction of sp³-hybridized carbons (Fsp3) is 0.562. The Morgan fingerprint density at radius 2 is 1.80 bits per heavy atom. The van der Waals surface area contributed by atoms with Crippen LogP contribution in [0.4, 0.5) is 0 Å². The molecule has 4 heteroatoms. The van der Waals surface area contributed by atoms with Gasteiger partial charge in [0.05, 0.1) is 7.11 Å². The predicted octanol–water partition coefficient (Wildman–Crippen LogP) is 2.25. The van der Waals surface area contributed by atoms with E-state index in [0.717, 1.165) is 43.9 Å². The number of hydrogen-bond acceptors (Lipinski definition) is 3. The van der Waals surface area contributed by atoms with Crippen LogP contribution >= 0.6 is 0 Å². The number of benzene rings is 1. The molecule has 1 saturated heterocycles. The molecule has 0 radical (unpaired) electrons. The smallest absolute Gasteiger partial charge is 0.253 e. The highest BCUT2D eigenvalue weighted by atomic mass is 16.5. The molecular formula is C16H24N2O2. The second-order valence-corrected chi connectivity index (χ2v) is 5.31. The molecule has 1 atom stereocenters. The third-order valence-corrected chi connectivity index (χ3v) is 4.15. The number of amides is 1. The summed E-state index contributed by atoms with van der Waals surface area (Å²) in [6.07, 6.45) is 1.16. The van der Waals surface area contributed by atoms with Crippen LogP contribution in [0.25, 0.3) is 0 Å². The van der Waals surface area contributed by atoms with Gasteiger partial charge in [-0.05, 0) is 37.6 Å². The summed E-state index contributed by atoms with van der Waals surface area (Å²) in [5.41, 5.74) is 0.739. The van der Waals surface area contributed by atoms with Crippen molar-refractivity contribution in [3.05, 3.63) is 29.8 Å². The zero-order valence-corrected chi connectivity index (χ0v) is 12.6. The minimum Gasteiger partial charge on any atom is -0.497 e. The molecule has 0 aliphatic carbocycles. The van der Waals surface area contributed by atoms with Crippen molar-refractivity contribution in [3.63, 3.8) is 0 Å². The average Bonchev–Trinajstić information content (AvgIpc) is 2.53. The number of piperazine rings is 1. The first-order valence-electron chi connectivity index (χ1n) is 7.33. The molecule has 1 aliphatic rings. The second kappa shape index (κ2) is 6.75.